The quantitative estimate of drug-likeness (QED) is 0.505. The highest BCUT2D eigenvalue weighted by Gasteiger charge is 2.43. The molecule has 4 rings (SSSR count). The van der Waals surface area contributed by atoms with Gasteiger partial charge in [-0.05, 0) is 31.2 Å². The zero-order chi connectivity index (χ0) is 24.1. The van der Waals surface area contributed by atoms with Crippen molar-refractivity contribution in [2.24, 2.45) is 10.9 Å². The largest absolute Gasteiger partial charge is 0.497 e. The second kappa shape index (κ2) is 10.4. The van der Waals surface area contributed by atoms with E-state index in [1.54, 1.807) is 38.4 Å². The molecule has 2 atom stereocenters. The summed E-state index contributed by atoms with van der Waals surface area (Å²) < 4.78 is 16.0. The molecule has 10 nitrogen and oxygen atoms in total. The first-order chi connectivity index (χ1) is 16.5. The molecule has 2 aliphatic rings. The Morgan fingerprint density at radius 1 is 1.09 bits per heavy atom. The Morgan fingerprint density at radius 3 is 2.50 bits per heavy atom. The van der Waals surface area contributed by atoms with Gasteiger partial charge >= 0.3 is 5.97 Å². The average Bonchev–Trinajstić information content (AvgIpc) is 2.88. The lowest BCUT2D eigenvalue weighted by atomic mass is 9.90. The number of hydrogen-bond donors (Lipinski definition) is 1. The van der Waals surface area contributed by atoms with Crippen LogP contribution < -0.4 is 19.7 Å². The SMILES string of the molecule is CCOC(=O)[C@@H]1C(=O)NC(N2CCN(c3ccccn3)CC2)=N[C@H]1c1ccc(OC)cc1OC. The highest BCUT2D eigenvalue weighted by atomic mass is 16.5. The third-order valence-electron chi connectivity index (χ3n) is 5.95. The van der Waals surface area contributed by atoms with E-state index >= 15 is 0 Å². The van der Waals surface area contributed by atoms with Gasteiger partial charge in [0.25, 0.3) is 0 Å². The van der Waals surface area contributed by atoms with Gasteiger partial charge in [-0.3, -0.25) is 14.9 Å². The number of methoxy groups -OCH3 is 2. The number of rotatable bonds is 6. The van der Waals surface area contributed by atoms with Crippen molar-refractivity contribution in [3.63, 3.8) is 0 Å². The van der Waals surface area contributed by atoms with Crippen LogP contribution in [0.5, 0.6) is 11.5 Å². The number of benzene rings is 1. The van der Waals surface area contributed by atoms with Crippen molar-refractivity contribution in [2.45, 2.75) is 13.0 Å². The first-order valence-electron chi connectivity index (χ1n) is 11.2. The molecule has 0 radical (unpaired) electrons. The Bertz CT molecular complexity index is 1050. The lowest BCUT2D eigenvalue weighted by Gasteiger charge is -2.39. The molecule has 0 bridgehead atoms. The number of ether oxygens (including phenoxy) is 3. The van der Waals surface area contributed by atoms with E-state index < -0.39 is 23.8 Å². The maximum atomic E-state index is 13.2. The van der Waals surface area contributed by atoms with Crippen molar-refractivity contribution in [1.82, 2.24) is 15.2 Å². The van der Waals surface area contributed by atoms with Crippen LogP contribution in [0, 0.1) is 5.92 Å². The lowest BCUT2D eigenvalue weighted by Crippen LogP contribution is -2.57. The average molecular weight is 468 g/mol. The van der Waals surface area contributed by atoms with Crippen LogP contribution in [0.15, 0.2) is 47.6 Å². The first-order valence-corrected chi connectivity index (χ1v) is 11.2. The van der Waals surface area contributed by atoms with E-state index in [0.29, 0.717) is 36.1 Å². The van der Waals surface area contributed by atoms with Gasteiger partial charge in [-0.15, -0.1) is 0 Å². The molecule has 0 unspecified atom stereocenters. The molecule has 180 valence electrons. The van der Waals surface area contributed by atoms with Gasteiger partial charge < -0.3 is 24.0 Å². The van der Waals surface area contributed by atoms with Gasteiger partial charge in [0.05, 0.1) is 20.8 Å². The molecular formula is C24H29N5O5. The van der Waals surface area contributed by atoms with Crippen molar-refractivity contribution in [2.75, 3.05) is 51.9 Å². The normalized spacial score (nSPS) is 20.3. The minimum absolute atomic E-state index is 0.168. The number of carbonyl (C=O) groups excluding carboxylic acids is 2. The van der Waals surface area contributed by atoms with E-state index in [4.69, 9.17) is 19.2 Å². The molecule has 10 heteroatoms. The maximum Gasteiger partial charge on any atom is 0.321 e. The predicted molar refractivity (Wildman–Crippen MR) is 126 cm³/mol. The molecule has 1 saturated heterocycles. The third-order valence-corrected chi connectivity index (χ3v) is 5.95. The van der Waals surface area contributed by atoms with E-state index in [1.807, 2.05) is 23.1 Å². The number of esters is 1. The summed E-state index contributed by atoms with van der Waals surface area (Å²) in [5, 5.41) is 2.83. The van der Waals surface area contributed by atoms with Gasteiger partial charge in [-0.2, -0.15) is 0 Å². The fourth-order valence-electron chi connectivity index (χ4n) is 4.20. The van der Waals surface area contributed by atoms with Crippen molar-refractivity contribution in [3.8, 4) is 11.5 Å². The van der Waals surface area contributed by atoms with Crippen molar-refractivity contribution < 1.29 is 23.8 Å². The number of nitrogens with one attached hydrogen (secondary N) is 1. The van der Waals surface area contributed by atoms with Crippen LogP contribution in [0.1, 0.15) is 18.5 Å². The number of aromatic nitrogens is 1. The van der Waals surface area contributed by atoms with Crippen LogP contribution in [0.4, 0.5) is 5.82 Å². The van der Waals surface area contributed by atoms with E-state index in [-0.39, 0.29) is 6.61 Å². The Labute approximate surface area is 198 Å². The summed E-state index contributed by atoms with van der Waals surface area (Å²) in [6.07, 6.45) is 1.77. The molecule has 34 heavy (non-hydrogen) atoms. The molecule has 1 amide bonds. The molecule has 0 saturated carbocycles. The predicted octanol–water partition coefficient (Wildman–Crippen LogP) is 1.63. The van der Waals surface area contributed by atoms with Crippen LogP contribution in [0.3, 0.4) is 0 Å². The van der Waals surface area contributed by atoms with Crippen molar-refractivity contribution in [3.05, 3.63) is 48.2 Å². The Morgan fingerprint density at radius 2 is 1.85 bits per heavy atom. The number of pyridine rings is 1. The maximum absolute atomic E-state index is 13.2. The second-order valence-corrected chi connectivity index (χ2v) is 7.89. The smallest absolute Gasteiger partial charge is 0.321 e. The lowest BCUT2D eigenvalue weighted by molar-refractivity contribution is -0.153. The molecule has 1 N–H and O–H groups in total. The summed E-state index contributed by atoms with van der Waals surface area (Å²) in [4.78, 5) is 39.3. The van der Waals surface area contributed by atoms with E-state index in [1.165, 1.54) is 7.11 Å². The van der Waals surface area contributed by atoms with E-state index in [0.717, 1.165) is 18.9 Å². The molecule has 1 aromatic heterocycles. The Kier molecular flexibility index (Phi) is 7.15. The van der Waals surface area contributed by atoms with Gasteiger partial charge in [0.15, 0.2) is 5.92 Å². The van der Waals surface area contributed by atoms with E-state index in [9.17, 15) is 9.59 Å². The molecule has 0 spiro atoms. The van der Waals surface area contributed by atoms with Crippen molar-refractivity contribution in [1.29, 1.82) is 0 Å². The molecule has 2 aromatic rings. The Hall–Kier alpha value is -3.82. The molecular weight excluding hydrogens is 438 g/mol. The zero-order valence-electron chi connectivity index (χ0n) is 19.6. The third kappa shape index (κ3) is 4.75. The standard InChI is InChI=1S/C24H29N5O5/c1-4-34-23(31)20-21(17-9-8-16(32-2)15-18(17)33-3)26-24(27-22(20)30)29-13-11-28(12-14-29)19-7-5-6-10-25-19/h5-10,15,20-21H,4,11-14H2,1-3H3,(H,26,27,30)/t20-,21-/m0/s1. The molecule has 1 fully saturated rings. The molecule has 2 aliphatic heterocycles. The number of nitrogens with zero attached hydrogens (tertiary/aromatic N) is 4. The number of amides is 1. The van der Waals surface area contributed by atoms with Gasteiger partial charge in [-0.1, -0.05) is 6.07 Å². The summed E-state index contributed by atoms with van der Waals surface area (Å²) in [7, 11) is 3.09. The Balaban J connectivity index is 1.63. The number of guanidine groups is 1. The van der Waals surface area contributed by atoms with Gasteiger partial charge in [0, 0.05) is 44.0 Å². The topological polar surface area (TPSA) is 106 Å². The van der Waals surface area contributed by atoms with Crippen molar-refractivity contribution >= 4 is 23.7 Å². The summed E-state index contributed by atoms with van der Waals surface area (Å²) in [5.74, 6) is 0.249. The van der Waals surface area contributed by atoms with Gasteiger partial charge in [0.2, 0.25) is 11.9 Å². The van der Waals surface area contributed by atoms with Crippen LogP contribution in [0.25, 0.3) is 0 Å². The monoisotopic (exact) mass is 467 g/mol. The van der Waals surface area contributed by atoms with Gasteiger partial charge in [-0.25, -0.2) is 9.98 Å². The van der Waals surface area contributed by atoms with Crippen LogP contribution in [0.2, 0.25) is 0 Å². The first kappa shape index (κ1) is 23.3. The number of piperazine rings is 1. The fourth-order valence-corrected chi connectivity index (χ4v) is 4.20. The van der Waals surface area contributed by atoms with E-state index in [2.05, 4.69) is 15.2 Å². The number of carbonyl (C=O) groups is 2. The summed E-state index contributed by atoms with van der Waals surface area (Å²) in [6.45, 7) is 4.62. The second-order valence-electron chi connectivity index (χ2n) is 7.89. The van der Waals surface area contributed by atoms with Crippen LogP contribution >= 0.6 is 0 Å². The van der Waals surface area contributed by atoms with Crippen LogP contribution in [-0.2, 0) is 14.3 Å². The highest BCUT2D eigenvalue weighted by molar-refractivity contribution is 6.08. The molecule has 3 heterocycles. The number of hydrogen-bond acceptors (Lipinski definition) is 9. The minimum atomic E-state index is -1.12. The minimum Gasteiger partial charge on any atom is -0.497 e. The summed E-state index contributed by atoms with van der Waals surface area (Å²) >= 11 is 0. The molecule has 0 aliphatic carbocycles. The van der Waals surface area contributed by atoms with Crippen LogP contribution in [-0.4, -0.2) is 74.7 Å². The fraction of sp³-hybridized carbons (Fsp3) is 0.417. The zero-order valence-corrected chi connectivity index (χ0v) is 19.6. The summed E-state index contributed by atoms with van der Waals surface area (Å²) in [6, 6.07) is 10.3. The number of aliphatic imine (C=N–C) groups is 1. The highest BCUT2D eigenvalue weighted by Crippen LogP contribution is 2.38. The number of anilines is 1. The molecule has 1 aromatic carbocycles. The van der Waals surface area contributed by atoms with Gasteiger partial charge in [0.1, 0.15) is 23.4 Å². The summed E-state index contributed by atoms with van der Waals surface area (Å²) in [5.41, 5.74) is 0.612.